The van der Waals surface area contributed by atoms with E-state index in [4.69, 9.17) is 4.74 Å². The number of ether oxygens (including phenoxy) is 1. The van der Waals surface area contributed by atoms with Crippen molar-refractivity contribution in [2.24, 2.45) is 0 Å². The van der Waals surface area contributed by atoms with Crippen molar-refractivity contribution < 1.29 is 9.53 Å². The topological polar surface area (TPSA) is 29.5 Å². The predicted octanol–water partition coefficient (Wildman–Crippen LogP) is 2.19. The van der Waals surface area contributed by atoms with Crippen molar-refractivity contribution in [2.75, 3.05) is 19.7 Å². The zero-order chi connectivity index (χ0) is 9.52. The van der Waals surface area contributed by atoms with Gasteiger partial charge in [0.15, 0.2) is 0 Å². The first-order valence-corrected chi connectivity index (χ1v) is 4.87. The summed E-state index contributed by atoms with van der Waals surface area (Å²) in [5, 5.41) is 0. The lowest BCUT2D eigenvalue weighted by Gasteiger charge is -2.18. The number of hydrogen-bond donors (Lipinski definition) is 0. The average molecular weight is 183 g/mol. The molecule has 0 aromatic rings. The van der Waals surface area contributed by atoms with Crippen LogP contribution in [-0.2, 0) is 4.74 Å². The second-order valence-electron chi connectivity index (χ2n) is 3.24. The summed E-state index contributed by atoms with van der Waals surface area (Å²) >= 11 is 0. The minimum atomic E-state index is -0.151. The Kier molecular flexibility index (Phi) is 4.36. The van der Waals surface area contributed by atoms with E-state index in [-0.39, 0.29) is 6.09 Å². The fourth-order valence-corrected chi connectivity index (χ4v) is 1.38. The number of carbonyl (C=O) groups is 1. The summed E-state index contributed by atoms with van der Waals surface area (Å²) in [6.07, 6.45) is 5.72. The molecule has 1 saturated heterocycles. The molecule has 1 heterocycles. The molecule has 0 aromatic heterocycles. The van der Waals surface area contributed by atoms with Gasteiger partial charge in [-0.05, 0) is 25.7 Å². The van der Waals surface area contributed by atoms with Gasteiger partial charge in [-0.15, -0.1) is 6.58 Å². The number of hydrogen-bond acceptors (Lipinski definition) is 2. The Labute approximate surface area is 79.4 Å². The molecule has 0 bridgehead atoms. The first-order valence-electron chi connectivity index (χ1n) is 4.87. The zero-order valence-electron chi connectivity index (χ0n) is 8.00. The van der Waals surface area contributed by atoms with Crippen LogP contribution in [0.2, 0.25) is 0 Å². The number of allylic oxidation sites excluding steroid dienone is 1. The van der Waals surface area contributed by atoms with Gasteiger partial charge in [0.2, 0.25) is 0 Å². The molecule has 1 aliphatic heterocycles. The van der Waals surface area contributed by atoms with E-state index < -0.39 is 0 Å². The van der Waals surface area contributed by atoms with E-state index in [0.717, 1.165) is 38.8 Å². The third kappa shape index (κ3) is 3.49. The van der Waals surface area contributed by atoms with Crippen LogP contribution in [0.1, 0.15) is 25.7 Å². The van der Waals surface area contributed by atoms with E-state index in [2.05, 4.69) is 6.58 Å². The third-order valence-electron chi connectivity index (χ3n) is 2.14. The SMILES string of the molecule is C=CCCCN1CCCCOC1=O. The van der Waals surface area contributed by atoms with Crippen molar-refractivity contribution in [3.63, 3.8) is 0 Å². The molecule has 13 heavy (non-hydrogen) atoms. The first kappa shape index (κ1) is 10.1. The van der Waals surface area contributed by atoms with Gasteiger partial charge in [-0.25, -0.2) is 4.79 Å². The minimum Gasteiger partial charge on any atom is -0.449 e. The van der Waals surface area contributed by atoms with Gasteiger partial charge in [0.05, 0.1) is 6.61 Å². The Hall–Kier alpha value is -0.990. The lowest BCUT2D eigenvalue weighted by molar-refractivity contribution is 0.115. The van der Waals surface area contributed by atoms with Gasteiger partial charge >= 0.3 is 6.09 Å². The second kappa shape index (κ2) is 5.62. The Morgan fingerprint density at radius 2 is 2.38 bits per heavy atom. The lowest BCUT2D eigenvalue weighted by Crippen LogP contribution is -2.31. The molecule has 74 valence electrons. The average Bonchev–Trinajstić information content (AvgIpc) is 2.32. The van der Waals surface area contributed by atoms with Gasteiger partial charge in [0.25, 0.3) is 0 Å². The number of rotatable bonds is 4. The molecule has 1 aliphatic rings. The number of cyclic esters (lactones) is 1. The van der Waals surface area contributed by atoms with Crippen molar-refractivity contribution in [2.45, 2.75) is 25.7 Å². The van der Waals surface area contributed by atoms with Crippen LogP contribution in [0, 0.1) is 0 Å². The van der Waals surface area contributed by atoms with Crippen LogP contribution in [0.4, 0.5) is 4.79 Å². The highest BCUT2D eigenvalue weighted by Gasteiger charge is 2.16. The van der Waals surface area contributed by atoms with Crippen molar-refractivity contribution in [3.8, 4) is 0 Å². The highest BCUT2D eigenvalue weighted by Crippen LogP contribution is 2.07. The minimum absolute atomic E-state index is 0.151. The van der Waals surface area contributed by atoms with Crippen LogP contribution in [0.25, 0.3) is 0 Å². The van der Waals surface area contributed by atoms with Gasteiger partial charge in [0.1, 0.15) is 0 Å². The molecule has 1 fully saturated rings. The van der Waals surface area contributed by atoms with Crippen LogP contribution < -0.4 is 0 Å². The van der Waals surface area contributed by atoms with E-state index in [1.165, 1.54) is 0 Å². The van der Waals surface area contributed by atoms with E-state index in [1.807, 2.05) is 6.08 Å². The van der Waals surface area contributed by atoms with Crippen molar-refractivity contribution in [3.05, 3.63) is 12.7 Å². The lowest BCUT2D eigenvalue weighted by atomic mass is 10.2. The summed E-state index contributed by atoms with van der Waals surface area (Å²) < 4.78 is 5.01. The van der Waals surface area contributed by atoms with Crippen LogP contribution in [0.5, 0.6) is 0 Å². The number of amides is 1. The Morgan fingerprint density at radius 3 is 3.15 bits per heavy atom. The zero-order valence-corrected chi connectivity index (χ0v) is 8.00. The van der Waals surface area contributed by atoms with Crippen LogP contribution in [0.15, 0.2) is 12.7 Å². The summed E-state index contributed by atoms with van der Waals surface area (Å²) in [4.78, 5) is 13.1. The van der Waals surface area contributed by atoms with Gasteiger partial charge < -0.3 is 9.64 Å². The summed E-state index contributed by atoms with van der Waals surface area (Å²) in [6, 6.07) is 0. The molecule has 0 radical (unpaired) electrons. The van der Waals surface area contributed by atoms with E-state index >= 15 is 0 Å². The molecule has 3 heteroatoms. The van der Waals surface area contributed by atoms with Crippen LogP contribution >= 0.6 is 0 Å². The highest BCUT2D eigenvalue weighted by atomic mass is 16.6. The maximum absolute atomic E-state index is 11.3. The quantitative estimate of drug-likeness (QED) is 0.494. The highest BCUT2D eigenvalue weighted by molar-refractivity contribution is 5.67. The second-order valence-corrected chi connectivity index (χ2v) is 3.24. The molecule has 0 N–H and O–H groups in total. The Morgan fingerprint density at radius 1 is 1.54 bits per heavy atom. The molecule has 0 spiro atoms. The van der Waals surface area contributed by atoms with Gasteiger partial charge in [-0.2, -0.15) is 0 Å². The summed E-state index contributed by atoms with van der Waals surface area (Å²) in [5.74, 6) is 0. The summed E-state index contributed by atoms with van der Waals surface area (Å²) in [7, 11) is 0. The molecular weight excluding hydrogens is 166 g/mol. The Bertz CT molecular complexity index is 180. The molecule has 0 saturated carbocycles. The van der Waals surface area contributed by atoms with Crippen molar-refractivity contribution >= 4 is 6.09 Å². The summed E-state index contributed by atoms with van der Waals surface area (Å²) in [5.41, 5.74) is 0. The maximum Gasteiger partial charge on any atom is 0.409 e. The van der Waals surface area contributed by atoms with Gasteiger partial charge in [-0.3, -0.25) is 0 Å². The third-order valence-corrected chi connectivity index (χ3v) is 2.14. The normalized spacial score (nSPS) is 17.8. The maximum atomic E-state index is 11.3. The van der Waals surface area contributed by atoms with E-state index in [1.54, 1.807) is 4.90 Å². The number of nitrogens with zero attached hydrogens (tertiary/aromatic N) is 1. The molecule has 0 aliphatic carbocycles. The largest absolute Gasteiger partial charge is 0.449 e. The molecular formula is C10H17NO2. The predicted molar refractivity (Wildman–Crippen MR) is 51.6 cm³/mol. The van der Waals surface area contributed by atoms with Crippen LogP contribution in [0.3, 0.4) is 0 Å². The fourth-order valence-electron chi connectivity index (χ4n) is 1.38. The monoisotopic (exact) mass is 183 g/mol. The molecule has 0 atom stereocenters. The number of unbranched alkanes of at least 4 members (excludes halogenated alkanes) is 1. The molecule has 0 unspecified atom stereocenters. The molecule has 3 nitrogen and oxygen atoms in total. The molecule has 1 rings (SSSR count). The van der Waals surface area contributed by atoms with Crippen molar-refractivity contribution in [1.82, 2.24) is 4.90 Å². The van der Waals surface area contributed by atoms with E-state index in [9.17, 15) is 4.79 Å². The first-order chi connectivity index (χ1) is 6.34. The van der Waals surface area contributed by atoms with Crippen LogP contribution in [-0.4, -0.2) is 30.7 Å². The number of carbonyl (C=O) groups excluding carboxylic acids is 1. The fraction of sp³-hybridized carbons (Fsp3) is 0.700. The molecule has 1 amide bonds. The van der Waals surface area contributed by atoms with Crippen molar-refractivity contribution in [1.29, 1.82) is 0 Å². The van der Waals surface area contributed by atoms with Gasteiger partial charge in [0, 0.05) is 13.1 Å². The smallest absolute Gasteiger partial charge is 0.409 e. The standard InChI is InChI=1S/C10H17NO2/c1-2-3-4-7-11-8-5-6-9-13-10(11)12/h2H,1,3-9H2. The van der Waals surface area contributed by atoms with Gasteiger partial charge in [-0.1, -0.05) is 6.08 Å². The molecule has 0 aromatic carbocycles. The van der Waals surface area contributed by atoms with E-state index in [0.29, 0.717) is 6.61 Å². The Balaban J connectivity index is 2.27. The summed E-state index contributed by atoms with van der Waals surface area (Å²) in [6.45, 7) is 5.87.